The number of aromatic nitrogens is 1. The first-order valence-electron chi connectivity index (χ1n) is 7.26. The van der Waals surface area contributed by atoms with Crippen molar-refractivity contribution >= 4 is 28.7 Å². The molecule has 128 valence electrons. The molecule has 1 heterocycles. The summed E-state index contributed by atoms with van der Waals surface area (Å²) < 4.78 is 15.3. The zero-order valence-electron chi connectivity index (χ0n) is 13.7. The van der Waals surface area contributed by atoms with Crippen molar-refractivity contribution < 1.29 is 19.0 Å². The maximum atomic E-state index is 11.4. The molecule has 0 amide bonds. The number of anilines is 1. The molecule has 1 aromatic heterocycles. The number of hydrogen-bond donors (Lipinski definition) is 1. The molecule has 24 heavy (non-hydrogen) atoms. The third-order valence-corrected chi connectivity index (χ3v) is 3.73. The van der Waals surface area contributed by atoms with E-state index in [1.54, 1.807) is 38.8 Å². The average molecular weight is 349 g/mol. The van der Waals surface area contributed by atoms with E-state index in [0.717, 1.165) is 5.56 Å². The number of nitrogens with one attached hydrogen (secondary N) is 1. The Morgan fingerprint density at radius 1 is 1.29 bits per heavy atom. The highest BCUT2D eigenvalue weighted by atomic mass is 32.1. The second-order valence-electron chi connectivity index (χ2n) is 4.64. The smallest absolute Gasteiger partial charge is 0.311 e. The molecule has 0 radical (unpaired) electrons. The zero-order chi connectivity index (χ0) is 17.4. The lowest BCUT2D eigenvalue weighted by Crippen LogP contribution is -2.07. The van der Waals surface area contributed by atoms with Gasteiger partial charge in [0, 0.05) is 17.0 Å². The highest BCUT2D eigenvalue weighted by Gasteiger charge is 2.08. The number of esters is 1. The number of rotatable bonds is 8. The van der Waals surface area contributed by atoms with E-state index in [9.17, 15) is 4.79 Å². The largest absolute Gasteiger partial charge is 0.497 e. The number of hydrazone groups is 1. The lowest BCUT2D eigenvalue weighted by Gasteiger charge is -2.05. The first-order chi connectivity index (χ1) is 11.6. The maximum Gasteiger partial charge on any atom is 0.311 e. The number of carbonyl (C=O) groups excluding carboxylic acids is 1. The molecule has 2 rings (SSSR count). The normalized spacial score (nSPS) is 10.6. The van der Waals surface area contributed by atoms with Crippen molar-refractivity contribution in [1.29, 1.82) is 0 Å². The molecule has 0 saturated heterocycles. The first kappa shape index (κ1) is 17.7. The number of ether oxygens (including phenoxy) is 3. The molecule has 0 saturated carbocycles. The van der Waals surface area contributed by atoms with Crippen LogP contribution in [0.25, 0.3) is 0 Å². The summed E-state index contributed by atoms with van der Waals surface area (Å²) in [5.41, 5.74) is 4.31. The minimum Gasteiger partial charge on any atom is -0.497 e. The maximum absolute atomic E-state index is 11.4. The Morgan fingerprint density at radius 2 is 2.00 bits per heavy atom. The van der Waals surface area contributed by atoms with Crippen LogP contribution >= 0.6 is 11.3 Å². The Kier molecular flexibility index (Phi) is 6.56. The molecule has 1 N–H and O–H groups in total. The van der Waals surface area contributed by atoms with Gasteiger partial charge in [-0.1, -0.05) is 0 Å². The first-order valence-corrected chi connectivity index (χ1v) is 8.14. The molecule has 0 aliphatic carbocycles. The standard InChI is InChI=1S/C16H19N3O4S/c1-4-23-15(20)7-12-10-24-16(18-12)19-17-9-11-5-13(21-2)8-14(6-11)22-3/h5-6,8-10H,4,7H2,1-3H3,(H,18,19). The molecule has 0 bridgehead atoms. The van der Waals surface area contributed by atoms with Gasteiger partial charge in [-0.3, -0.25) is 10.2 Å². The summed E-state index contributed by atoms with van der Waals surface area (Å²) in [6.45, 7) is 2.14. The Morgan fingerprint density at radius 3 is 2.62 bits per heavy atom. The van der Waals surface area contributed by atoms with Crippen molar-refractivity contribution in [1.82, 2.24) is 4.98 Å². The second-order valence-corrected chi connectivity index (χ2v) is 5.50. The number of methoxy groups -OCH3 is 2. The lowest BCUT2D eigenvalue weighted by atomic mass is 10.2. The summed E-state index contributed by atoms with van der Waals surface area (Å²) in [6, 6.07) is 5.46. The van der Waals surface area contributed by atoms with E-state index in [1.165, 1.54) is 11.3 Å². The van der Waals surface area contributed by atoms with Crippen molar-refractivity contribution in [2.45, 2.75) is 13.3 Å². The molecule has 2 aromatic rings. The SMILES string of the molecule is CCOC(=O)Cc1csc(NN=Cc2cc(OC)cc(OC)c2)n1. The van der Waals surface area contributed by atoms with Crippen molar-refractivity contribution in [2.24, 2.45) is 5.10 Å². The van der Waals surface area contributed by atoms with Gasteiger partial charge >= 0.3 is 5.97 Å². The fraction of sp³-hybridized carbons (Fsp3) is 0.312. The molecule has 0 atom stereocenters. The van der Waals surface area contributed by atoms with Crippen LogP contribution in [0.15, 0.2) is 28.7 Å². The van der Waals surface area contributed by atoms with Crippen LogP contribution < -0.4 is 14.9 Å². The minimum absolute atomic E-state index is 0.156. The van der Waals surface area contributed by atoms with Crippen LogP contribution in [-0.4, -0.2) is 38.0 Å². The summed E-state index contributed by atoms with van der Waals surface area (Å²) in [5.74, 6) is 1.07. The number of nitrogens with zero attached hydrogens (tertiary/aromatic N) is 2. The third-order valence-electron chi connectivity index (χ3n) is 2.93. The van der Waals surface area contributed by atoms with Crippen molar-refractivity contribution in [3.63, 3.8) is 0 Å². The van der Waals surface area contributed by atoms with E-state index in [-0.39, 0.29) is 12.4 Å². The van der Waals surface area contributed by atoms with E-state index in [0.29, 0.717) is 28.9 Å². The van der Waals surface area contributed by atoms with Gasteiger partial charge in [0.25, 0.3) is 0 Å². The van der Waals surface area contributed by atoms with E-state index >= 15 is 0 Å². The molecule has 0 aliphatic heterocycles. The topological polar surface area (TPSA) is 82.0 Å². The number of thiazole rings is 1. The fourth-order valence-corrected chi connectivity index (χ4v) is 2.52. The van der Waals surface area contributed by atoms with Crippen LogP contribution in [0.4, 0.5) is 5.13 Å². The molecular weight excluding hydrogens is 330 g/mol. The Bertz CT molecular complexity index is 693. The van der Waals surface area contributed by atoms with Gasteiger partial charge in [0.15, 0.2) is 0 Å². The van der Waals surface area contributed by atoms with Gasteiger partial charge in [-0.05, 0) is 19.1 Å². The predicted molar refractivity (Wildman–Crippen MR) is 93.2 cm³/mol. The van der Waals surface area contributed by atoms with Gasteiger partial charge in [0.2, 0.25) is 5.13 Å². The van der Waals surface area contributed by atoms with Gasteiger partial charge < -0.3 is 14.2 Å². The van der Waals surface area contributed by atoms with E-state index in [4.69, 9.17) is 14.2 Å². The molecule has 8 heteroatoms. The van der Waals surface area contributed by atoms with Crippen LogP contribution in [0.5, 0.6) is 11.5 Å². The van der Waals surface area contributed by atoms with E-state index < -0.39 is 0 Å². The second kappa shape index (κ2) is 8.88. The lowest BCUT2D eigenvalue weighted by molar-refractivity contribution is -0.142. The fourth-order valence-electron chi connectivity index (χ4n) is 1.87. The van der Waals surface area contributed by atoms with Gasteiger partial charge in [-0.15, -0.1) is 11.3 Å². The Labute approximate surface area is 144 Å². The number of benzene rings is 1. The summed E-state index contributed by atoms with van der Waals surface area (Å²) in [4.78, 5) is 15.7. The van der Waals surface area contributed by atoms with E-state index in [2.05, 4.69) is 15.5 Å². The third kappa shape index (κ3) is 5.24. The molecule has 0 fully saturated rings. The molecule has 0 unspecified atom stereocenters. The highest BCUT2D eigenvalue weighted by Crippen LogP contribution is 2.21. The summed E-state index contributed by atoms with van der Waals surface area (Å²) in [5, 5.41) is 6.53. The Balaban J connectivity index is 1.97. The molecule has 7 nitrogen and oxygen atoms in total. The summed E-state index contributed by atoms with van der Waals surface area (Å²) in [6.07, 6.45) is 1.79. The van der Waals surface area contributed by atoms with Gasteiger partial charge in [0.05, 0.1) is 39.2 Å². The van der Waals surface area contributed by atoms with Crippen LogP contribution in [-0.2, 0) is 16.0 Å². The van der Waals surface area contributed by atoms with Crippen molar-refractivity contribution in [3.8, 4) is 11.5 Å². The van der Waals surface area contributed by atoms with Crippen LogP contribution in [0.2, 0.25) is 0 Å². The number of hydrogen-bond acceptors (Lipinski definition) is 8. The van der Waals surface area contributed by atoms with Gasteiger partial charge in [0.1, 0.15) is 11.5 Å². The minimum atomic E-state index is -0.290. The summed E-state index contributed by atoms with van der Waals surface area (Å²) in [7, 11) is 3.18. The average Bonchev–Trinajstić information content (AvgIpc) is 3.01. The van der Waals surface area contributed by atoms with Crippen molar-refractivity contribution in [3.05, 3.63) is 34.8 Å². The highest BCUT2D eigenvalue weighted by molar-refractivity contribution is 7.13. The quantitative estimate of drug-likeness (QED) is 0.448. The van der Waals surface area contributed by atoms with E-state index in [1.807, 2.05) is 12.1 Å². The molecule has 0 spiro atoms. The Hall–Kier alpha value is -2.61. The number of carbonyl (C=O) groups is 1. The van der Waals surface area contributed by atoms with Gasteiger partial charge in [-0.25, -0.2) is 4.98 Å². The van der Waals surface area contributed by atoms with Crippen LogP contribution in [0, 0.1) is 0 Å². The summed E-state index contributed by atoms with van der Waals surface area (Å²) >= 11 is 1.37. The van der Waals surface area contributed by atoms with Crippen LogP contribution in [0.1, 0.15) is 18.2 Å². The van der Waals surface area contributed by atoms with Crippen molar-refractivity contribution in [2.75, 3.05) is 26.3 Å². The predicted octanol–water partition coefficient (Wildman–Crippen LogP) is 2.71. The van der Waals surface area contributed by atoms with Gasteiger partial charge in [-0.2, -0.15) is 5.10 Å². The zero-order valence-corrected chi connectivity index (χ0v) is 14.6. The van der Waals surface area contributed by atoms with Crippen LogP contribution in [0.3, 0.4) is 0 Å². The monoisotopic (exact) mass is 349 g/mol. The molecule has 1 aromatic carbocycles. The molecular formula is C16H19N3O4S. The molecule has 0 aliphatic rings.